The number of methoxy groups -OCH3 is 1. The van der Waals surface area contributed by atoms with Crippen LogP contribution in [-0.2, 0) is 6.54 Å². The van der Waals surface area contributed by atoms with Crippen LogP contribution < -0.4 is 10.2 Å². The molecule has 1 N–H and O–H groups in total. The van der Waals surface area contributed by atoms with Gasteiger partial charge in [0, 0.05) is 19.3 Å². The van der Waals surface area contributed by atoms with Crippen molar-refractivity contribution in [2.24, 2.45) is 0 Å². The minimum Gasteiger partial charge on any atom is -0.497 e. The summed E-state index contributed by atoms with van der Waals surface area (Å²) in [4.78, 5) is 2.37. The molecular weight excluding hydrogens is 298 g/mol. The van der Waals surface area contributed by atoms with Crippen LogP contribution in [0.2, 0.25) is 0 Å². The fraction of sp³-hybridized carbons (Fsp3) is 0.200. The van der Waals surface area contributed by atoms with Crippen molar-refractivity contribution >= 4 is 5.70 Å². The zero-order valence-corrected chi connectivity index (χ0v) is 13.8. The predicted molar refractivity (Wildman–Crippen MR) is 95.7 cm³/mol. The molecule has 4 rings (SSSR count). The van der Waals surface area contributed by atoms with E-state index in [0.717, 1.165) is 31.1 Å². The molecule has 0 saturated heterocycles. The first-order valence-corrected chi connectivity index (χ1v) is 8.22. The van der Waals surface area contributed by atoms with Crippen LogP contribution in [0.15, 0.2) is 72.6 Å². The fourth-order valence-corrected chi connectivity index (χ4v) is 3.10. The molecule has 0 spiro atoms. The molecule has 0 bridgehead atoms. The minimum atomic E-state index is 0.878. The topological polar surface area (TPSA) is 27.7 Å². The van der Waals surface area contributed by atoms with Crippen molar-refractivity contribution in [3.63, 3.8) is 0 Å². The standard InChI is InChI=1S/C20H21N3O/c1-24-19-9-7-17(8-10-19)20-13-18-15-22(11-12-23(18)21-20)14-16-5-3-2-4-6-16/h2-10,13,15,21H,11-12,14H2,1H3. The van der Waals surface area contributed by atoms with Gasteiger partial charge in [0.25, 0.3) is 0 Å². The Morgan fingerprint density at radius 3 is 2.54 bits per heavy atom. The summed E-state index contributed by atoms with van der Waals surface area (Å²) < 4.78 is 5.23. The third kappa shape index (κ3) is 2.95. The lowest BCUT2D eigenvalue weighted by Crippen LogP contribution is -2.41. The van der Waals surface area contributed by atoms with Gasteiger partial charge >= 0.3 is 0 Å². The Bertz CT molecular complexity index is 765. The molecule has 0 radical (unpaired) electrons. The normalized spacial score (nSPS) is 16.2. The van der Waals surface area contributed by atoms with Gasteiger partial charge in [0.15, 0.2) is 0 Å². The highest BCUT2D eigenvalue weighted by atomic mass is 16.5. The Morgan fingerprint density at radius 1 is 1.00 bits per heavy atom. The van der Waals surface area contributed by atoms with Crippen LogP contribution in [0.4, 0.5) is 0 Å². The number of hydrogen-bond donors (Lipinski definition) is 1. The first kappa shape index (κ1) is 14.7. The molecule has 0 unspecified atom stereocenters. The van der Waals surface area contributed by atoms with Crippen LogP contribution in [0.5, 0.6) is 5.75 Å². The number of benzene rings is 2. The largest absolute Gasteiger partial charge is 0.497 e. The highest BCUT2D eigenvalue weighted by molar-refractivity contribution is 5.69. The zero-order valence-electron chi connectivity index (χ0n) is 13.8. The summed E-state index contributed by atoms with van der Waals surface area (Å²) in [6.45, 7) is 2.92. The summed E-state index contributed by atoms with van der Waals surface area (Å²) in [5.74, 6) is 0.878. The molecule has 24 heavy (non-hydrogen) atoms. The van der Waals surface area contributed by atoms with Crippen molar-refractivity contribution in [3.05, 3.63) is 83.7 Å². The molecule has 0 atom stereocenters. The van der Waals surface area contributed by atoms with Gasteiger partial charge in [-0.1, -0.05) is 30.3 Å². The summed E-state index contributed by atoms with van der Waals surface area (Å²) >= 11 is 0. The Morgan fingerprint density at radius 2 is 1.79 bits per heavy atom. The van der Waals surface area contributed by atoms with Crippen molar-refractivity contribution in [1.82, 2.24) is 15.3 Å². The molecule has 0 saturated carbocycles. The molecule has 0 aromatic heterocycles. The lowest BCUT2D eigenvalue weighted by Gasteiger charge is -2.32. The molecule has 4 nitrogen and oxygen atoms in total. The van der Waals surface area contributed by atoms with Gasteiger partial charge < -0.3 is 9.64 Å². The number of allylic oxidation sites excluding steroid dienone is 1. The highest BCUT2D eigenvalue weighted by Gasteiger charge is 2.23. The van der Waals surface area contributed by atoms with E-state index in [4.69, 9.17) is 4.74 Å². The summed E-state index contributed by atoms with van der Waals surface area (Å²) in [5, 5.41) is 2.21. The van der Waals surface area contributed by atoms with Gasteiger partial charge in [-0.15, -0.1) is 0 Å². The average Bonchev–Trinajstić information content (AvgIpc) is 3.06. The maximum absolute atomic E-state index is 5.23. The highest BCUT2D eigenvalue weighted by Crippen LogP contribution is 2.27. The maximum atomic E-state index is 5.23. The van der Waals surface area contributed by atoms with Crippen molar-refractivity contribution in [2.45, 2.75) is 6.54 Å². The number of hydrazine groups is 1. The van der Waals surface area contributed by atoms with Crippen LogP contribution in [0.1, 0.15) is 11.1 Å². The van der Waals surface area contributed by atoms with Crippen molar-refractivity contribution in [3.8, 4) is 5.75 Å². The summed E-state index contributed by atoms with van der Waals surface area (Å²) in [6.07, 6.45) is 4.44. The maximum Gasteiger partial charge on any atom is 0.118 e. The van der Waals surface area contributed by atoms with Crippen LogP contribution >= 0.6 is 0 Å². The molecule has 2 heterocycles. The second-order valence-electron chi connectivity index (χ2n) is 6.06. The van der Waals surface area contributed by atoms with E-state index in [1.54, 1.807) is 7.11 Å². The van der Waals surface area contributed by atoms with Crippen LogP contribution in [0, 0.1) is 0 Å². The second-order valence-corrected chi connectivity index (χ2v) is 6.06. The first-order chi connectivity index (χ1) is 11.8. The number of rotatable bonds is 4. The average molecular weight is 319 g/mol. The van der Waals surface area contributed by atoms with Crippen molar-refractivity contribution in [1.29, 1.82) is 0 Å². The third-order valence-corrected chi connectivity index (χ3v) is 4.41. The monoisotopic (exact) mass is 319 g/mol. The van der Waals surface area contributed by atoms with Crippen molar-refractivity contribution in [2.75, 3.05) is 20.2 Å². The third-order valence-electron chi connectivity index (χ3n) is 4.41. The van der Waals surface area contributed by atoms with Gasteiger partial charge in [0.05, 0.1) is 25.0 Å². The van der Waals surface area contributed by atoms with E-state index in [9.17, 15) is 0 Å². The fourth-order valence-electron chi connectivity index (χ4n) is 3.10. The van der Waals surface area contributed by atoms with Gasteiger partial charge in [-0.05, 0) is 41.5 Å². The summed E-state index contributed by atoms with van der Waals surface area (Å²) in [7, 11) is 1.69. The predicted octanol–water partition coefficient (Wildman–Crippen LogP) is 3.21. The summed E-state index contributed by atoms with van der Waals surface area (Å²) in [6, 6.07) is 18.7. The molecule has 122 valence electrons. The lowest BCUT2D eigenvalue weighted by molar-refractivity contribution is 0.224. The number of nitrogens with zero attached hydrogens (tertiary/aromatic N) is 2. The van der Waals surface area contributed by atoms with E-state index in [1.807, 2.05) is 12.1 Å². The lowest BCUT2D eigenvalue weighted by atomic mass is 10.1. The minimum absolute atomic E-state index is 0.878. The van der Waals surface area contributed by atoms with Crippen LogP contribution in [-0.4, -0.2) is 30.1 Å². The number of ether oxygens (including phenoxy) is 1. The quantitative estimate of drug-likeness (QED) is 0.936. The first-order valence-electron chi connectivity index (χ1n) is 8.22. The van der Waals surface area contributed by atoms with Gasteiger partial charge in [0.1, 0.15) is 5.75 Å². The second kappa shape index (κ2) is 6.32. The van der Waals surface area contributed by atoms with Crippen molar-refractivity contribution < 1.29 is 4.74 Å². The van der Waals surface area contributed by atoms with E-state index in [2.05, 4.69) is 70.1 Å². The smallest absolute Gasteiger partial charge is 0.118 e. The molecular formula is C20H21N3O. The Labute approximate surface area is 142 Å². The molecule has 2 aromatic carbocycles. The molecule has 2 aromatic rings. The van der Waals surface area contributed by atoms with Gasteiger partial charge in [-0.2, -0.15) is 0 Å². The van der Waals surface area contributed by atoms with Gasteiger partial charge in [-0.3, -0.25) is 10.4 Å². The summed E-state index contributed by atoms with van der Waals surface area (Å²) in [5.41, 5.74) is 8.34. The Balaban J connectivity index is 1.51. The number of hydrogen-bond acceptors (Lipinski definition) is 4. The molecule has 4 heteroatoms. The van der Waals surface area contributed by atoms with E-state index in [1.165, 1.54) is 16.8 Å². The molecule has 0 amide bonds. The van der Waals surface area contributed by atoms with Crippen LogP contribution in [0.25, 0.3) is 5.70 Å². The van der Waals surface area contributed by atoms with E-state index in [0.29, 0.717) is 0 Å². The van der Waals surface area contributed by atoms with E-state index < -0.39 is 0 Å². The Hall–Kier alpha value is -2.88. The SMILES string of the molecule is COc1ccc(C2=CC3=CN(Cc4ccccc4)CCN3N2)cc1. The zero-order chi connectivity index (χ0) is 16.4. The van der Waals surface area contributed by atoms with Gasteiger partial charge in [0.2, 0.25) is 0 Å². The van der Waals surface area contributed by atoms with Gasteiger partial charge in [-0.25, -0.2) is 0 Å². The molecule has 0 fully saturated rings. The number of nitrogens with one attached hydrogen (secondary N) is 1. The van der Waals surface area contributed by atoms with E-state index in [-0.39, 0.29) is 0 Å². The molecule has 2 aliphatic rings. The Kier molecular flexibility index (Phi) is 3.87. The number of fused-ring (bicyclic) bond motifs is 1. The van der Waals surface area contributed by atoms with E-state index >= 15 is 0 Å². The molecule has 2 aliphatic heterocycles. The van der Waals surface area contributed by atoms with Crippen LogP contribution in [0.3, 0.4) is 0 Å². The molecule has 0 aliphatic carbocycles.